The zero-order valence-electron chi connectivity index (χ0n) is 13.4. The van der Waals surface area contributed by atoms with Crippen LogP contribution in [0, 0.1) is 10.1 Å². The van der Waals surface area contributed by atoms with Crippen molar-refractivity contribution in [2.75, 3.05) is 12.4 Å². The molecule has 0 saturated heterocycles. The van der Waals surface area contributed by atoms with Crippen LogP contribution in [0.1, 0.15) is 12.5 Å². The Morgan fingerprint density at radius 3 is 2.88 bits per heavy atom. The number of methoxy groups -OCH3 is 1. The molecule has 0 fully saturated rings. The van der Waals surface area contributed by atoms with Crippen LogP contribution >= 0.6 is 0 Å². The molecule has 0 amide bonds. The summed E-state index contributed by atoms with van der Waals surface area (Å²) in [6.07, 6.45) is 3.73. The van der Waals surface area contributed by atoms with Gasteiger partial charge in [-0.05, 0) is 30.7 Å². The molecule has 0 unspecified atom stereocenters. The number of H-pyrrole nitrogens is 1. The van der Waals surface area contributed by atoms with Gasteiger partial charge in [0.2, 0.25) is 0 Å². The highest BCUT2D eigenvalue weighted by Gasteiger charge is 2.11. The van der Waals surface area contributed by atoms with E-state index < -0.39 is 0 Å². The normalized spacial score (nSPS) is 11.5. The Bertz CT molecular complexity index is 928. The zero-order valence-corrected chi connectivity index (χ0v) is 13.4. The first-order chi connectivity index (χ1) is 11.6. The molecule has 0 spiro atoms. The number of rotatable bonds is 5. The van der Waals surface area contributed by atoms with E-state index in [1.807, 2.05) is 43.6 Å². The molecule has 0 aliphatic rings. The number of nitro groups is 1. The van der Waals surface area contributed by atoms with E-state index in [-0.39, 0.29) is 10.6 Å². The van der Waals surface area contributed by atoms with Gasteiger partial charge >= 0.3 is 0 Å². The highest BCUT2D eigenvalue weighted by molar-refractivity contribution is 5.93. The van der Waals surface area contributed by atoms with Gasteiger partial charge in [0.25, 0.3) is 5.69 Å². The second-order valence-corrected chi connectivity index (χ2v) is 5.39. The predicted molar refractivity (Wildman–Crippen MR) is 95.2 cm³/mol. The van der Waals surface area contributed by atoms with Crippen molar-refractivity contribution in [2.24, 2.45) is 0 Å². The van der Waals surface area contributed by atoms with E-state index in [0.717, 1.165) is 33.5 Å². The van der Waals surface area contributed by atoms with Gasteiger partial charge in [-0.15, -0.1) is 0 Å². The maximum Gasteiger partial charge on any atom is 0.270 e. The Hall–Kier alpha value is -3.28. The van der Waals surface area contributed by atoms with Crippen LogP contribution in [0.5, 0.6) is 5.75 Å². The highest BCUT2D eigenvalue weighted by atomic mass is 16.6. The van der Waals surface area contributed by atoms with Crippen LogP contribution in [0.25, 0.3) is 16.5 Å². The van der Waals surface area contributed by atoms with Crippen molar-refractivity contribution >= 4 is 27.9 Å². The maximum absolute atomic E-state index is 11.0. The summed E-state index contributed by atoms with van der Waals surface area (Å²) in [7, 11) is 1.62. The number of hydrogen-bond acceptors (Lipinski definition) is 4. The third-order valence-corrected chi connectivity index (χ3v) is 3.83. The average molecular weight is 323 g/mol. The molecular formula is C18H17N3O3. The van der Waals surface area contributed by atoms with E-state index in [1.54, 1.807) is 19.2 Å². The number of anilines is 1. The third-order valence-electron chi connectivity index (χ3n) is 3.83. The van der Waals surface area contributed by atoms with Gasteiger partial charge < -0.3 is 15.0 Å². The fourth-order valence-corrected chi connectivity index (χ4v) is 2.53. The first-order valence-electron chi connectivity index (χ1n) is 7.42. The van der Waals surface area contributed by atoms with E-state index in [9.17, 15) is 10.1 Å². The fraction of sp³-hybridized carbons (Fsp3) is 0.111. The molecule has 1 heterocycles. The second kappa shape index (κ2) is 6.45. The maximum atomic E-state index is 11.0. The lowest BCUT2D eigenvalue weighted by molar-refractivity contribution is -0.384. The van der Waals surface area contributed by atoms with Gasteiger partial charge in [-0.3, -0.25) is 10.1 Å². The zero-order chi connectivity index (χ0) is 17.1. The summed E-state index contributed by atoms with van der Waals surface area (Å²) in [5, 5.41) is 15.0. The number of nitrogens with one attached hydrogen (secondary N) is 2. The monoisotopic (exact) mass is 323 g/mol. The minimum Gasteiger partial charge on any atom is -0.497 e. The Balaban J connectivity index is 1.91. The molecule has 2 aromatic carbocycles. The number of nitro benzene ring substituents is 1. The third kappa shape index (κ3) is 3.08. The van der Waals surface area contributed by atoms with Gasteiger partial charge in [0.15, 0.2) is 0 Å². The topological polar surface area (TPSA) is 80.2 Å². The summed E-state index contributed by atoms with van der Waals surface area (Å²) >= 11 is 0. The van der Waals surface area contributed by atoms with Crippen molar-refractivity contribution in [2.45, 2.75) is 6.92 Å². The lowest BCUT2D eigenvalue weighted by Crippen LogP contribution is -1.91. The van der Waals surface area contributed by atoms with Gasteiger partial charge in [-0.2, -0.15) is 0 Å². The van der Waals surface area contributed by atoms with E-state index in [1.165, 1.54) is 6.07 Å². The van der Waals surface area contributed by atoms with Crippen molar-refractivity contribution < 1.29 is 9.66 Å². The summed E-state index contributed by atoms with van der Waals surface area (Å²) in [6, 6.07) is 12.4. The SMILES string of the molecule is COc1cccc(N/C=C(\C)c2c[nH]c3ccc([N+](=O)[O-])cc23)c1. The number of allylic oxidation sites excluding steroid dienone is 1. The quantitative estimate of drug-likeness (QED) is 0.533. The predicted octanol–water partition coefficient (Wildman–Crippen LogP) is 4.56. The lowest BCUT2D eigenvalue weighted by Gasteiger charge is -2.06. The molecule has 122 valence electrons. The second-order valence-electron chi connectivity index (χ2n) is 5.39. The molecule has 3 rings (SSSR count). The van der Waals surface area contributed by atoms with Crippen LogP contribution in [0.4, 0.5) is 11.4 Å². The fourth-order valence-electron chi connectivity index (χ4n) is 2.53. The van der Waals surface area contributed by atoms with Gasteiger partial charge in [0.05, 0.1) is 12.0 Å². The molecule has 1 aromatic heterocycles. The first-order valence-corrected chi connectivity index (χ1v) is 7.42. The molecule has 6 heteroatoms. The number of aromatic nitrogens is 1. The summed E-state index contributed by atoms with van der Waals surface area (Å²) in [6.45, 7) is 1.95. The van der Waals surface area contributed by atoms with E-state index in [2.05, 4.69) is 10.3 Å². The summed E-state index contributed by atoms with van der Waals surface area (Å²) in [5.74, 6) is 0.772. The number of fused-ring (bicyclic) bond motifs is 1. The highest BCUT2D eigenvalue weighted by Crippen LogP contribution is 2.28. The molecule has 0 radical (unpaired) electrons. The molecule has 0 bridgehead atoms. The Kier molecular flexibility index (Phi) is 4.20. The standard InChI is InChI=1S/C18H17N3O3/c1-12(10-19-13-4-3-5-15(8-13)24-2)17-11-20-18-7-6-14(21(22)23)9-16(17)18/h3-11,19-20H,1-2H3/b12-10+. The molecule has 24 heavy (non-hydrogen) atoms. The molecule has 0 aliphatic heterocycles. The largest absolute Gasteiger partial charge is 0.497 e. The lowest BCUT2D eigenvalue weighted by atomic mass is 10.1. The van der Waals surface area contributed by atoms with Crippen molar-refractivity contribution in [3.63, 3.8) is 0 Å². The number of hydrogen-bond donors (Lipinski definition) is 2. The molecule has 3 aromatic rings. The van der Waals surface area contributed by atoms with Crippen LogP contribution in [0.15, 0.2) is 54.9 Å². The number of ether oxygens (including phenoxy) is 1. The van der Waals surface area contributed by atoms with Gasteiger partial charge in [0, 0.05) is 52.7 Å². The Morgan fingerprint density at radius 1 is 1.29 bits per heavy atom. The molecule has 0 atom stereocenters. The molecule has 2 N–H and O–H groups in total. The molecule has 6 nitrogen and oxygen atoms in total. The van der Waals surface area contributed by atoms with Gasteiger partial charge in [-0.25, -0.2) is 0 Å². The first kappa shape index (κ1) is 15.6. The number of nitrogens with zero attached hydrogens (tertiary/aromatic N) is 1. The average Bonchev–Trinajstić information content (AvgIpc) is 3.03. The van der Waals surface area contributed by atoms with Crippen molar-refractivity contribution in [3.8, 4) is 5.75 Å². The smallest absolute Gasteiger partial charge is 0.270 e. The number of aromatic amines is 1. The molecule has 0 aliphatic carbocycles. The van der Waals surface area contributed by atoms with Gasteiger partial charge in [-0.1, -0.05) is 6.07 Å². The van der Waals surface area contributed by atoms with E-state index >= 15 is 0 Å². The Morgan fingerprint density at radius 2 is 2.12 bits per heavy atom. The number of non-ortho nitro benzene ring substituents is 1. The minimum atomic E-state index is -0.385. The van der Waals surface area contributed by atoms with Crippen LogP contribution in [0.3, 0.4) is 0 Å². The van der Waals surface area contributed by atoms with Gasteiger partial charge in [0.1, 0.15) is 5.75 Å². The summed E-state index contributed by atoms with van der Waals surface area (Å²) < 4.78 is 5.20. The minimum absolute atomic E-state index is 0.0805. The van der Waals surface area contributed by atoms with Crippen molar-refractivity contribution in [1.29, 1.82) is 0 Å². The van der Waals surface area contributed by atoms with Crippen molar-refractivity contribution in [3.05, 3.63) is 70.5 Å². The summed E-state index contributed by atoms with van der Waals surface area (Å²) in [4.78, 5) is 13.7. The van der Waals surface area contributed by atoms with Crippen LogP contribution in [0.2, 0.25) is 0 Å². The summed E-state index contributed by atoms with van der Waals surface area (Å²) in [5.41, 5.74) is 3.73. The van der Waals surface area contributed by atoms with E-state index in [0.29, 0.717) is 0 Å². The van der Waals surface area contributed by atoms with Crippen LogP contribution in [-0.4, -0.2) is 17.0 Å². The molecule has 0 saturated carbocycles. The van der Waals surface area contributed by atoms with E-state index in [4.69, 9.17) is 4.74 Å². The van der Waals surface area contributed by atoms with Crippen LogP contribution < -0.4 is 10.1 Å². The Labute approximate surface area is 138 Å². The van der Waals surface area contributed by atoms with Crippen LogP contribution in [-0.2, 0) is 0 Å². The molecular weight excluding hydrogens is 306 g/mol. The van der Waals surface area contributed by atoms with Crippen molar-refractivity contribution in [1.82, 2.24) is 4.98 Å². The number of benzene rings is 2.